The summed E-state index contributed by atoms with van der Waals surface area (Å²) in [6, 6.07) is 6.54. The molecule has 4 heterocycles. The van der Waals surface area contributed by atoms with Crippen LogP contribution in [0.4, 0.5) is 0 Å². The van der Waals surface area contributed by atoms with Crippen molar-refractivity contribution in [1.29, 1.82) is 0 Å². The third-order valence-electron chi connectivity index (χ3n) is 8.44. The Morgan fingerprint density at radius 3 is 2.65 bits per heavy atom. The highest BCUT2D eigenvalue weighted by Crippen LogP contribution is 2.30. The molecule has 2 aliphatic heterocycles. The van der Waals surface area contributed by atoms with Crippen molar-refractivity contribution in [2.24, 2.45) is 5.92 Å². The molecule has 1 saturated carbocycles. The molecule has 0 spiro atoms. The third kappa shape index (κ3) is 5.75. The summed E-state index contributed by atoms with van der Waals surface area (Å²) in [6.45, 7) is 3.32. The summed E-state index contributed by atoms with van der Waals surface area (Å²) in [4.78, 5) is 53.3. The van der Waals surface area contributed by atoms with Crippen LogP contribution in [0.15, 0.2) is 24.3 Å². The van der Waals surface area contributed by atoms with E-state index in [0.717, 1.165) is 73.3 Å². The number of piperidine rings is 1. The molecule has 1 saturated heterocycles. The van der Waals surface area contributed by atoms with E-state index in [1.165, 1.54) is 11.3 Å². The number of nitrogens with zero attached hydrogens (tertiary/aromatic N) is 3. The summed E-state index contributed by atoms with van der Waals surface area (Å²) in [6.07, 6.45) is 5.84. The molecule has 3 aromatic rings. The number of aromatic amines is 1. The molecule has 3 N–H and O–H groups in total. The molecule has 2 aromatic heterocycles. The fourth-order valence-electron chi connectivity index (χ4n) is 6.22. The smallest absolute Gasteiger partial charge is 0.280 e. The highest BCUT2D eigenvalue weighted by molar-refractivity contribution is 7.13. The van der Waals surface area contributed by atoms with Gasteiger partial charge in [0.2, 0.25) is 5.91 Å². The van der Waals surface area contributed by atoms with Crippen LogP contribution in [-0.2, 0) is 17.8 Å². The Balaban J connectivity index is 1.20. The monoisotopic (exact) mass is 582 g/mol. The summed E-state index contributed by atoms with van der Waals surface area (Å²) in [5, 5.41) is 8.22. The zero-order chi connectivity index (χ0) is 27.8. The van der Waals surface area contributed by atoms with Crippen LogP contribution < -0.4 is 10.6 Å². The van der Waals surface area contributed by atoms with Crippen LogP contribution >= 0.6 is 22.9 Å². The molecule has 40 heavy (non-hydrogen) atoms. The second kappa shape index (κ2) is 11.5. The summed E-state index contributed by atoms with van der Waals surface area (Å²) in [5.41, 5.74) is 2.26. The van der Waals surface area contributed by atoms with Gasteiger partial charge in [-0.2, -0.15) is 0 Å². The van der Waals surface area contributed by atoms with E-state index in [1.807, 2.05) is 17.0 Å². The zero-order valence-electron chi connectivity index (χ0n) is 22.7. The molecule has 9 nitrogen and oxygen atoms in total. The van der Waals surface area contributed by atoms with Crippen molar-refractivity contribution in [2.45, 2.75) is 63.6 Å². The van der Waals surface area contributed by atoms with E-state index in [9.17, 15) is 14.4 Å². The minimum atomic E-state index is -0.383. The molecule has 2 fully saturated rings. The standard InChI is InChI=1S/C29H35ClN6O3S/c1-35-12-9-22-25(16-35)40-28(34-22)27(38)33-23-14-17(29(39)36-10-3-2-4-11-36)5-7-21(23)32-26(37)24-15-18-13-19(30)6-8-20(18)31-24/h6,8,13,15,17,21,23,31H,2-5,7,9-12,14,16H2,1H3,(H,32,37)(H,33,38). The van der Waals surface area contributed by atoms with Gasteiger partial charge in [-0.05, 0) is 69.8 Å². The van der Waals surface area contributed by atoms with Gasteiger partial charge in [-0.3, -0.25) is 14.4 Å². The normalized spacial score (nSPS) is 23.6. The molecular weight excluding hydrogens is 548 g/mol. The Bertz CT molecular complexity index is 1430. The second-order valence-corrected chi connectivity index (χ2v) is 12.9. The average Bonchev–Trinajstić information content (AvgIpc) is 3.58. The number of hydrogen-bond donors (Lipinski definition) is 3. The van der Waals surface area contributed by atoms with Crippen LogP contribution in [0, 0.1) is 5.92 Å². The van der Waals surface area contributed by atoms with E-state index in [4.69, 9.17) is 11.6 Å². The van der Waals surface area contributed by atoms with E-state index in [1.54, 1.807) is 12.1 Å². The first kappa shape index (κ1) is 27.2. The number of fused-ring (bicyclic) bond motifs is 2. The lowest BCUT2D eigenvalue weighted by Crippen LogP contribution is -2.56. The van der Waals surface area contributed by atoms with Crippen molar-refractivity contribution in [3.05, 3.63) is 50.6 Å². The number of hydrogen-bond acceptors (Lipinski definition) is 6. The molecular formula is C29H35ClN6O3S. The first-order valence-corrected chi connectivity index (χ1v) is 15.4. The molecule has 3 atom stereocenters. The van der Waals surface area contributed by atoms with Crippen LogP contribution in [0.25, 0.3) is 10.9 Å². The molecule has 11 heteroatoms. The van der Waals surface area contributed by atoms with Crippen molar-refractivity contribution in [1.82, 2.24) is 30.4 Å². The lowest BCUT2D eigenvalue weighted by Gasteiger charge is -2.38. The third-order valence-corrected chi connectivity index (χ3v) is 9.76. The van der Waals surface area contributed by atoms with Crippen LogP contribution in [0.2, 0.25) is 5.02 Å². The molecule has 6 rings (SSSR count). The maximum absolute atomic E-state index is 13.4. The van der Waals surface area contributed by atoms with Gasteiger partial charge in [0, 0.05) is 65.4 Å². The van der Waals surface area contributed by atoms with E-state index < -0.39 is 0 Å². The lowest BCUT2D eigenvalue weighted by atomic mass is 9.81. The number of thiazole rings is 1. The van der Waals surface area contributed by atoms with Crippen LogP contribution in [-0.4, -0.2) is 76.3 Å². The first-order chi connectivity index (χ1) is 19.3. The van der Waals surface area contributed by atoms with Crippen LogP contribution in [0.1, 0.15) is 69.4 Å². The molecule has 3 aliphatic rings. The van der Waals surface area contributed by atoms with E-state index in [2.05, 4.69) is 32.5 Å². The van der Waals surface area contributed by atoms with Gasteiger partial charge in [0.15, 0.2) is 5.01 Å². The van der Waals surface area contributed by atoms with Gasteiger partial charge in [0.1, 0.15) is 5.69 Å². The molecule has 3 unspecified atom stereocenters. The maximum atomic E-state index is 13.4. The Hall–Kier alpha value is -2.95. The van der Waals surface area contributed by atoms with Gasteiger partial charge in [-0.1, -0.05) is 11.6 Å². The summed E-state index contributed by atoms with van der Waals surface area (Å²) >= 11 is 7.56. The Labute approximate surface area is 242 Å². The van der Waals surface area contributed by atoms with Gasteiger partial charge in [-0.25, -0.2) is 4.98 Å². The maximum Gasteiger partial charge on any atom is 0.280 e. The number of carbonyl (C=O) groups is 3. The number of nitrogens with one attached hydrogen (secondary N) is 3. The Morgan fingerprint density at radius 1 is 1.02 bits per heavy atom. The highest BCUT2D eigenvalue weighted by Gasteiger charge is 2.38. The van der Waals surface area contributed by atoms with Gasteiger partial charge >= 0.3 is 0 Å². The minimum absolute atomic E-state index is 0.170. The van der Waals surface area contributed by atoms with Crippen LogP contribution in [0.3, 0.4) is 0 Å². The van der Waals surface area contributed by atoms with Gasteiger partial charge in [0.25, 0.3) is 11.8 Å². The number of aromatic nitrogens is 2. The molecule has 212 valence electrons. The second-order valence-electron chi connectivity index (χ2n) is 11.3. The number of likely N-dealkylation sites (N-methyl/N-ethyl adjacent to an activating group) is 1. The topological polar surface area (TPSA) is 110 Å². The Kier molecular flexibility index (Phi) is 7.83. The largest absolute Gasteiger partial charge is 0.351 e. The minimum Gasteiger partial charge on any atom is -0.351 e. The van der Waals surface area contributed by atoms with Crippen LogP contribution in [0.5, 0.6) is 0 Å². The number of H-pyrrole nitrogens is 1. The van der Waals surface area contributed by atoms with Crippen molar-refractivity contribution < 1.29 is 14.4 Å². The van der Waals surface area contributed by atoms with E-state index in [0.29, 0.717) is 35.0 Å². The summed E-state index contributed by atoms with van der Waals surface area (Å²) in [5.74, 6) is -0.489. The van der Waals surface area contributed by atoms with Crippen molar-refractivity contribution in [3.8, 4) is 0 Å². The van der Waals surface area contributed by atoms with Crippen molar-refractivity contribution in [3.63, 3.8) is 0 Å². The fraction of sp³-hybridized carbons (Fsp3) is 0.517. The van der Waals surface area contributed by atoms with Gasteiger partial charge in [0.05, 0.1) is 11.7 Å². The van der Waals surface area contributed by atoms with Gasteiger partial charge in [-0.15, -0.1) is 11.3 Å². The summed E-state index contributed by atoms with van der Waals surface area (Å²) < 4.78 is 0. The number of amides is 3. The molecule has 0 bridgehead atoms. The predicted molar refractivity (Wildman–Crippen MR) is 156 cm³/mol. The number of likely N-dealkylation sites (tertiary alicyclic amines) is 1. The lowest BCUT2D eigenvalue weighted by molar-refractivity contribution is -0.137. The molecule has 0 radical (unpaired) electrons. The predicted octanol–water partition coefficient (Wildman–Crippen LogP) is 3.98. The Morgan fingerprint density at radius 2 is 1.82 bits per heavy atom. The molecule has 1 aliphatic carbocycles. The molecule has 1 aromatic carbocycles. The van der Waals surface area contributed by atoms with E-state index in [-0.39, 0.29) is 35.7 Å². The quantitative estimate of drug-likeness (QED) is 0.422. The number of benzene rings is 1. The fourth-order valence-corrected chi connectivity index (χ4v) is 7.49. The molecule has 3 amide bonds. The van der Waals surface area contributed by atoms with E-state index >= 15 is 0 Å². The SMILES string of the molecule is CN1CCc2nc(C(=O)NC3CC(C(=O)N4CCCCC4)CCC3NC(=O)c3cc4cc(Cl)ccc4[nH]3)sc2C1. The van der Waals surface area contributed by atoms with Crippen molar-refractivity contribution in [2.75, 3.05) is 26.7 Å². The number of carbonyl (C=O) groups excluding carboxylic acids is 3. The highest BCUT2D eigenvalue weighted by atomic mass is 35.5. The average molecular weight is 583 g/mol. The van der Waals surface area contributed by atoms with Gasteiger partial charge < -0.3 is 25.4 Å². The summed E-state index contributed by atoms with van der Waals surface area (Å²) in [7, 11) is 2.07. The number of rotatable bonds is 5. The van der Waals surface area contributed by atoms with Crippen molar-refractivity contribution >= 4 is 51.6 Å². The number of halogens is 1. The zero-order valence-corrected chi connectivity index (χ0v) is 24.2. The first-order valence-electron chi connectivity index (χ1n) is 14.2.